The summed E-state index contributed by atoms with van der Waals surface area (Å²) >= 11 is 0. The van der Waals surface area contributed by atoms with Gasteiger partial charge in [0, 0.05) is 26.7 Å². The molecule has 0 spiro atoms. The number of ether oxygens (including phenoxy) is 1. The van der Waals surface area contributed by atoms with Crippen molar-refractivity contribution in [3.05, 3.63) is 35.1 Å². The normalized spacial score (nSPS) is 18.6. The fourth-order valence-electron chi connectivity index (χ4n) is 2.62. The van der Waals surface area contributed by atoms with Gasteiger partial charge in [-0.25, -0.2) is 13.2 Å². The predicted octanol–water partition coefficient (Wildman–Crippen LogP) is 1.69. The Morgan fingerprint density at radius 2 is 2.05 bits per heavy atom. The molecule has 1 aromatic rings. The summed E-state index contributed by atoms with van der Waals surface area (Å²) in [5, 5.41) is 2.78. The lowest BCUT2D eigenvalue weighted by atomic mass is 10.1. The lowest BCUT2D eigenvalue weighted by Gasteiger charge is -2.16. The summed E-state index contributed by atoms with van der Waals surface area (Å²) in [5.41, 5.74) is 0.403. The molecule has 4 nitrogen and oxygen atoms in total. The summed E-state index contributed by atoms with van der Waals surface area (Å²) in [4.78, 5) is 13.3. The number of nitrogens with one attached hydrogen (secondary N) is 1. The highest BCUT2D eigenvalue weighted by atomic mass is 19.2. The summed E-state index contributed by atoms with van der Waals surface area (Å²) in [7, 11) is 1.46. The Labute approximate surface area is 127 Å². The maximum absolute atomic E-state index is 13.2. The van der Waals surface area contributed by atoms with Crippen molar-refractivity contribution in [3.8, 4) is 0 Å². The van der Waals surface area contributed by atoms with E-state index in [9.17, 15) is 18.0 Å². The SMILES string of the molecule is COCC(=O)NC[C@H]1CCN(Cc2cc(F)c(F)c(F)c2)C1. The Bertz CT molecular complexity index is 517. The number of hydrogen-bond donors (Lipinski definition) is 1. The maximum Gasteiger partial charge on any atom is 0.245 e. The van der Waals surface area contributed by atoms with Crippen molar-refractivity contribution in [2.24, 2.45) is 5.92 Å². The van der Waals surface area contributed by atoms with Gasteiger partial charge in [0.15, 0.2) is 17.5 Å². The highest BCUT2D eigenvalue weighted by molar-refractivity contribution is 5.77. The maximum atomic E-state index is 13.2. The van der Waals surface area contributed by atoms with E-state index in [4.69, 9.17) is 4.74 Å². The van der Waals surface area contributed by atoms with E-state index in [2.05, 4.69) is 5.32 Å². The molecule has 1 aromatic carbocycles. The van der Waals surface area contributed by atoms with E-state index in [0.29, 0.717) is 25.2 Å². The van der Waals surface area contributed by atoms with Gasteiger partial charge in [-0.2, -0.15) is 0 Å². The van der Waals surface area contributed by atoms with Crippen molar-refractivity contribution in [3.63, 3.8) is 0 Å². The molecule has 1 aliphatic heterocycles. The minimum absolute atomic E-state index is 0.0323. The van der Waals surface area contributed by atoms with E-state index >= 15 is 0 Å². The first-order chi connectivity index (χ1) is 10.5. The van der Waals surface area contributed by atoms with Crippen LogP contribution < -0.4 is 5.32 Å². The van der Waals surface area contributed by atoms with Gasteiger partial charge in [-0.3, -0.25) is 9.69 Å². The van der Waals surface area contributed by atoms with Crippen molar-refractivity contribution in [2.75, 3.05) is 33.4 Å². The van der Waals surface area contributed by atoms with E-state index in [1.165, 1.54) is 7.11 Å². The zero-order valence-corrected chi connectivity index (χ0v) is 12.4. The van der Waals surface area contributed by atoms with Crippen molar-refractivity contribution < 1.29 is 22.7 Å². The highest BCUT2D eigenvalue weighted by Gasteiger charge is 2.23. The van der Waals surface area contributed by atoms with Crippen LogP contribution in [0.3, 0.4) is 0 Å². The molecule has 1 atom stereocenters. The number of amides is 1. The zero-order valence-electron chi connectivity index (χ0n) is 12.4. The molecular formula is C15H19F3N2O2. The minimum Gasteiger partial charge on any atom is -0.375 e. The van der Waals surface area contributed by atoms with Gasteiger partial charge in [-0.05, 0) is 36.6 Å². The quantitative estimate of drug-likeness (QED) is 0.812. The molecule has 1 N–H and O–H groups in total. The Kier molecular flexibility index (Phi) is 5.79. The monoisotopic (exact) mass is 316 g/mol. The van der Waals surface area contributed by atoms with Crippen LogP contribution in [-0.2, 0) is 16.1 Å². The molecule has 7 heteroatoms. The van der Waals surface area contributed by atoms with Crippen LogP contribution in [0, 0.1) is 23.4 Å². The molecular weight excluding hydrogens is 297 g/mol. The largest absolute Gasteiger partial charge is 0.375 e. The molecule has 0 bridgehead atoms. The molecule has 1 fully saturated rings. The zero-order chi connectivity index (χ0) is 16.1. The minimum atomic E-state index is -1.44. The molecule has 1 saturated heterocycles. The molecule has 0 aliphatic carbocycles. The summed E-state index contributed by atoms with van der Waals surface area (Å²) in [6.45, 7) is 2.42. The van der Waals surface area contributed by atoms with Gasteiger partial charge in [0.1, 0.15) is 6.61 Å². The summed E-state index contributed by atoms with van der Waals surface area (Å²) in [5.74, 6) is -3.65. The first-order valence-electron chi connectivity index (χ1n) is 7.11. The van der Waals surface area contributed by atoms with Gasteiger partial charge < -0.3 is 10.1 Å². The van der Waals surface area contributed by atoms with Crippen LogP contribution in [-0.4, -0.2) is 44.2 Å². The third kappa shape index (κ3) is 4.45. The van der Waals surface area contributed by atoms with Crippen LogP contribution in [0.2, 0.25) is 0 Å². The number of hydrogen-bond acceptors (Lipinski definition) is 3. The Balaban J connectivity index is 1.82. The Hall–Kier alpha value is -1.60. The molecule has 22 heavy (non-hydrogen) atoms. The highest BCUT2D eigenvalue weighted by Crippen LogP contribution is 2.20. The average Bonchev–Trinajstić information content (AvgIpc) is 2.90. The fourth-order valence-corrected chi connectivity index (χ4v) is 2.62. The summed E-state index contributed by atoms with van der Waals surface area (Å²) < 4.78 is 44.0. The lowest BCUT2D eigenvalue weighted by Crippen LogP contribution is -2.33. The van der Waals surface area contributed by atoms with Gasteiger partial charge in [0.25, 0.3) is 0 Å². The molecule has 1 aliphatic rings. The number of carbonyl (C=O) groups is 1. The van der Waals surface area contributed by atoms with Gasteiger partial charge in [0.05, 0.1) is 0 Å². The molecule has 0 saturated carbocycles. The second kappa shape index (κ2) is 7.60. The molecule has 1 heterocycles. The van der Waals surface area contributed by atoms with E-state index < -0.39 is 17.5 Å². The van der Waals surface area contributed by atoms with Crippen molar-refractivity contribution in [1.29, 1.82) is 0 Å². The standard InChI is InChI=1S/C15H19F3N2O2/c1-22-9-14(21)19-6-10-2-3-20(7-10)8-11-4-12(16)15(18)13(17)5-11/h4-5,10H,2-3,6-9H2,1H3,(H,19,21)/t10-/m1/s1. The van der Waals surface area contributed by atoms with Crippen molar-refractivity contribution in [2.45, 2.75) is 13.0 Å². The number of benzene rings is 1. The third-order valence-corrected chi connectivity index (χ3v) is 3.68. The number of methoxy groups -OCH3 is 1. The van der Waals surface area contributed by atoms with Crippen LogP contribution in [0.4, 0.5) is 13.2 Å². The molecule has 122 valence electrons. The smallest absolute Gasteiger partial charge is 0.245 e. The van der Waals surface area contributed by atoms with Crippen LogP contribution in [0.5, 0.6) is 0 Å². The van der Waals surface area contributed by atoms with E-state index in [1.54, 1.807) is 0 Å². The second-order valence-electron chi connectivity index (χ2n) is 5.50. The Morgan fingerprint density at radius 1 is 1.36 bits per heavy atom. The summed E-state index contributed by atoms with van der Waals surface area (Å²) in [6, 6.07) is 2.04. The number of carbonyl (C=O) groups excluding carboxylic acids is 1. The van der Waals surface area contributed by atoms with Gasteiger partial charge in [0.2, 0.25) is 5.91 Å². The van der Waals surface area contributed by atoms with Crippen LogP contribution in [0.15, 0.2) is 12.1 Å². The Morgan fingerprint density at radius 3 is 2.68 bits per heavy atom. The van der Waals surface area contributed by atoms with Crippen LogP contribution >= 0.6 is 0 Å². The molecule has 1 amide bonds. The van der Waals surface area contributed by atoms with E-state index in [0.717, 1.165) is 25.1 Å². The molecule has 0 aromatic heterocycles. The second-order valence-corrected chi connectivity index (χ2v) is 5.50. The first kappa shape index (κ1) is 16.8. The lowest BCUT2D eigenvalue weighted by molar-refractivity contribution is -0.124. The number of rotatable bonds is 6. The number of halogens is 3. The van der Waals surface area contributed by atoms with Crippen molar-refractivity contribution in [1.82, 2.24) is 10.2 Å². The third-order valence-electron chi connectivity index (χ3n) is 3.68. The average molecular weight is 316 g/mol. The van der Waals surface area contributed by atoms with E-state index in [-0.39, 0.29) is 18.4 Å². The van der Waals surface area contributed by atoms with Gasteiger partial charge >= 0.3 is 0 Å². The first-order valence-corrected chi connectivity index (χ1v) is 7.11. The van der Waals surface area contributed by atoms with Gasteiger partial charge in [-0.15, -0.1) is 0 Å². The van der Waals surface area contributed by atoms with Crippen LogP contribution in [0.25, 0.3) is 0 Å². The molecule has 2 rings (SSSR count). The van der Waals surface area contributed by atoms with Crippen LogP contribution in [0.1, 0.15) is 12.0 Å². The molecule has 0 unspecified atom stereocenters. The van der Waals surface area contributed by atoms with E-state index in [1.807, 2.05) is 4.90 Å². The summed E-state index contributed by atoms with van der Waals surface area (Å²) in [6.07, 6.45) is 0.888. The number of likely N-dealkylation sites (tertiary alicyclic amines) is 1. The van der Waals surface area contributed by atoms with Crippen molar-refractivity contribution >= 4 is 5.91 Å². The topological polar surface area (TPSA) is 41.6 Å². The fraction of sp³-hybridized carbons (Fsp3) is 0.533. The predicted molar refractivity (Wildman–Crippen MR) is 74.6 cm³/mol. The molecule has 0 radical (unpaired) electrons. The number of nitrogens with zero attached hydrogens (tertiary/aromatic N) is 1. The van der Waals surface area contributed by atoms with Gasteiger partial charge in [-0.1, -0.05) is 0 Å².